The van der Waals surface area contributed by atoms with Crippen molar-refractivity contribution in [2.24, 2.45) is 0 Å². The molecule has 0 aromatic heterocycles. The molecule has 1 atom stereocenters. The van der Waals surface area contributed by atoms with Gasteiger partial charge in [-0.15, -0.1) is 0 Å². The van der Waals surface area contributed by atoms with Gasteiger partial charge in [0.15, 0.2) is 6.10 Å². The molecule has 2 aromatic carbocycles. The Morgan fingerprint density at radius 2 is 1.88 bits per heavy atom. The molecule has 5 nitrogen and oxygen atoms in total. The van der Waals surface area contributed by atoms with E-state index in [0.29, 0.717) is 23.4 Å². The van der Waals surface area contributed by atoms with Crippen molar-refractivity contribution in [1.29, 1.82) is 0 Å². The van der Waals surface area contributed by atoms with Crippen molar-refractivity contribution < 1.29 is 14.3 Å². The quantitative estimate of drug-likeness (QED) is 0.857. The molecule has 2 aromatic rings. The number of carbonyl (C=O) groups is 2. The topological polar surface area (TPSA) is 67.4 Å². The van der Waals surface area contributed by atoms with Crippen LogP contribution in [-0.2, 0) is 4.79 Å². The van der Waals surface area contributed by atoms with E-state index in [2.05, 4.69) is 10.6 Å². The molecular formula is C19H22N2O3. The van der Waals surface area contributed by atoms with Crippen LogP contribution >= 0.6 is 0 Å². The molecule has 0 aliphatic heterocycles. The highest BCUT2D eigenvalue weighted by Gasteiger charge is 2.19. The summed E-state index contributed by atoms with van der Waals surface area (Å²) in [5.74, 6) is 0.253. The van der Waals surface area contributed by atoms with Crippen molar-refractivity contribution in [3.63, 3.8) is 0 Å². The summed E-state index contributed by atoms with van der Waals surface area (Å²) in [6, 6.07) is 14.4. The molecule has 126 valence electrons. The third-order valence-electron chi connectivity index (χ3n) is 3.65. The zero-order valence-electron chi connectivity index (χ0n) is 14.1. The Hall–Kier alpha value is -2.82. The Bertz CT molecular complexity index is 728. The first-order chi connectivity index (χ1) is 11.5. The Morgan fingerprint density at radius 1 is 1.12 bits per heavy atom. The lowest BCUT2D eigenvalue weighted by molar-refractivity contribution is -0.122. The molecular weight excluding hydrogens is 304 g/mol. The molecule has 2 amide bonds. The lowest BCUT2D eigenvalue weighted by Crippen LogP contribution is -2.32. The fourth-order valence-corrected chi connectivity index (χ4v) is 2.27. The van der Waals surface area contributed by atoms with Crippen LogP contribution in [0.25, 0.3) is 0 Å². The Kier molecular flexibility index (Phi) is 5.95. The zero-order chi connectivity index (χ0) is 17.5. The molecule has 0 aliphatic carbocycles. The molecule has 0 heterocycles. The molecule has 5 heteroatoms. The standard InChI is InChI=1S/C19H22N2O3/c1-4-16(24-17-11-6-5-8-13(17)2)19(23)21-15-10-7-9-14(12-15)18(22)20-3/h5-12,16H,4H2,1-3H3,(H,20,22)(H,21,23). The SMILES string of the molecule is CCC(Oc1ccccc1C)C(=O)Nc1cccc(C(=O)NC)c1. The lowest BCUT2D eigenvalue weighted by atomic mass is 10.1. The van der Waals surface area contributed by atoms with Crippen molar-refractivity contribution in [2.75, 3.05) is 12.4 Å². The number of aryl methyl sites for hydroxylation is 1. The molecule has 0 spiro atoms. The zero-order valence-corrected chi connectivity index (χ0v) is 14.1. The second-order valence-electron chi connectivity index (χ2n) is 5.43. The number of para-hydroxylation sites is 1. The number of hydrogen-bond acceptors (Lipinski definition) is 3. The average molecular weight is 326 g/mol. The normalized spacial score (nSPS) is 11.5. The Morgan fingerprint density at radius 3 is 2.54 bits per heavy atom. The highest BCUT2D eigenvalue weighted by Crippen LogP contribution is 2.20. The van der Waals surface area contributed by atoms with E-state index in [4.69, 9.17) is 4.74 Å². The lowest BCUT2D eigenvalue weighted by Gasteiger charge is -2.18. The summed E-state index contributed by atoms with van der Waals surface area (Å²) in [7, 11) is 1.57. The van der Waals surface area contributed by atoms with E-state index in [1.165, 1.54) is 0 Å². The number of ether oxygens (including phenoxy) is 1. The van der Waals surface area contributed by atoms with Gasteiger partial charge in [-0.1, -0.05) is 31.2 Å². The predicted octanol–water partition coefficient (Wildman–Crippen LogP) is 3.15. The van der Waals surface area contributed by atoms with Crippen LogP contribution in [0.1, 0.15) is 29.3 Å². The first-order valence-electron chi connectivity index (χ1n) is 7.90. The second kappa shape index (κ2) is 8.15. The van der Waals surface area contributed by atoms with E-state index in [1.807, 2.05) is 38.1 Å². The molecule has 0 saturated heterocycles. The second-order valence-corrected chi connectivity index (χ2v) is 5.43. The van der Waals surface area contributed by atoms with Crippen LogP contribution in [0.15, 0.2) is 48.5 Å². The fraction of sp³-hybridized carbons (Fsp3) is 0.263. The first kappa shape index (κ1) is 17.5. The number of benzene rings is 2. The molecule has 1 unspecified atom stereocenters. The van der Waals surface area contributed by atoms with E-state index in [1.54, 1.807) is 31.3 Å². The summed E-state index contributed by atoms with van der Waals surface area (Å²) >= 11 is 0. The maximum atomic E-state index is 12.5. The molecule has 2 rings (SSSR count). The molecule has 0 aliphatic rings. The summed E-state index contributed by atoms with van der Waals surface area (Å²) in [6.07, 6.45) is -0.0651. The van der Waals surface area contributed by atoms with Gasteiger partial charge in [0.05, 0.1) is 0 Å². The van der Waals surface area contributed by atoms with Gasteiger partial charge >= 0.3 is 0 Å². The first-order valence-corrected chi connectivity index (χ1v) is 7.90. The van der Waals surface area contributed by atoms with Gasteiger partial charge in [0.1, 0.15) is 5.75 Å². The van der Waals surface area contributed by atoms with Gasteiger partial charge in [-0.25, -0.2) is 0 Å². The van der Waals surface area contributed by atoms with E-state index >= 15 is 0 Å². The van der Waals surface area contributed by atoms with Crippen LogP contribution in [-0.4, -0.2) is 25.0 Å². The minimum atomic E-state index is -0.602. The van der Waals surface area contributed by atoms with Gasteiger partial charge in [-0.2, -0.15) is 0 Å². The van der Waals surface area contributed by atoms with Gasteiger partial charge in [-0.05, 0) is 43.2 Å². The van der Waals surface area contributed by atoms with Gasteiger partial charge < -0.3 is 15.4 Å². The number of anilines is 1. The van der Waals surface area contributed by atoms with Gasteiger partial charge in [-0.3, -0.25) is 9.59 Å². The Labute approximate surface area is 142 Å². The summed E-state index contributed by atoms with van der Waals surface area (Å²) in [5.41, 5.74) is 2.03. The predicted molar refractivity (Wildman–Crippen MR) is 94.3 cm³/mol. The molecule has 0 radical (unpaired) electrons. The molecule has 24 heavy (non-hydrogen) atoms. The fourth-order valence-electron chi connectivity index (χ4n) is 2.27. The van der Waals surface area contributed by atoms with Crippen LogP contribution in [0, 0.1) is 6.92 Å². The van der Waals surface area contributed by atoms with Gasteiger partial charge in [0, 0.05) is 18.3 Å². The number of rotatable bonds is 6. The summed E-state index contributed by atoms with van der Waals surface area (Å²) in [6.45, 7) is 3.83. The number of nitrogens with one attached hydrogen (secondary N) is 2. The van der Waals surface area contributed by atoms with Gasteiger partial charge in [0.25, 0.3) is 11.8 Å². The summed E-state index contributed by atoms with van der Waals surface area (Å²) in [4.78, 5) is 24.1. The third-order valence-corrected chi connectivity index (χ3v) is 3.65. The van der Waals surface area contributed by atoms with Crippen molar-refractivity contribution in [3.05, 3.63) is 59.7 Å². The van der Waals surface area contributed by atoms with Crippen LogP contribution in [0.2, 0.25) is 0 Å². The van der Waals surface area contributed by atoms with E-state index in [-0.39, 0.29) is 11.8 Å². The minimum Gasteiger partial charge on any atom is -0.480 e. The van der Waals surface area contributed by atoms with Crippen LogP contribution in [0.5, 0.6) is 5.75 Å². The summed E-state index contributed by atoms with van der Waals surface area (Å²) in [5, 5.41) is 5.37. The number of amides is 2. The van der Waals surface area contributed by atoms with E-state index in [9.17, 15) is 9.59 Å². The Balaban J connectivity index is 2.09. The van der Waals surface area contributed by atoms with E-state index in [0.717, 1.165) is 5.56 Å². The third kappa shape index (κ3) is 4.35. The van der Waals surface area contributed by atoms with Crippen LogP contribution in [0.4, 0.5) is 5.69 Å². The maximum Gasteiger partial charge on any atom is 0.265 e. The van der Waals surface area contributed by atoms with Crippen molar-refractivity contribution in [3.8, 4) is 5.75 Å². The average Bonchev–Trinajstić information content (AvgIpc) is 2.60. The maximum absolute atomic E-state index is 12.5. The number of carbonyl (C=O) groups excluding carboxylic acids is 2. The highest BCUT2D eigenvalue weighted by molar-refractivity contribution is 5.98. The van der Waals surface area contributed by atoms with Crippen LogP contribution in [0.3, 0.4) is 0 Å². The monoisotopic (exact) mass is 326 g/mol. The summed E-state index contributed by atoms with van der Waals surface area (Å²) < 4.78 is 5.84. The highest BCUT2D eigenvalue weighted by atomic mass is 16.5. The van der Waals surface area contributed by atoms with Gasteiger partial charge in [0.2, 0.25) is 0 Å². The van der Waals surface area contributed by atoms with Crippen molar-refractivity contribution >= 4 is 17.5 Å². The van der Waals surface area contributed by atoms with E-state index < -0.39 is 6.10 Å². The van der Waals surface area contributed by atoms with Crippen LogP contribution < -0.4 is 15.4 Å². The molecule has 0 bridgehead atoms. The largest absolute Gasteiger partial charge is 0.480 e. The molecule has 0 saturated carbocycles. The van der Waals surface area contributed by atoms with Crippen molar-refractivity contribution in [1.82, 2.24) is 5.32 Å². The smallest absolute Gasteiger partial charge is 0.265 e. The van der Waals surface area contributed by atoms with Crippen molar-refractivity contribution in [2.45, 2.75) is 26.4 Å². The molecule has 2 N–H and O–H groups in total. The molecule has 0 fully saturated rings. The minimum absolute atomic E-state index is 0.200. The number of hydrogen-bond donors (Lipinski definition) is 2.